The van der Waals surface area contributed by atoms with Gasteiger partial charge in [-0.15, -0.1) is 11.3 Å². The molecule has 4 nitrogen and oxygen atoms in total. The van der Waals surface area contributed by atoms with Gasteiger partial charge in [0.1, 0.15) is 0 Å². The Balaban J connectivity index is 2.71. The molecule has 0 aliphatic rings. The van der Waals surface area contributed by atoms with E-state index in [4.69, 9.17) is 11.5 Å². The number of hydrogen-bond donors (Lipinski definition) is 2. The number of nitrogens with two attached hydrogens (primary N) is 2. The van der Waals surface area contributed by atoms with Crippen molar-refractivity contribution in [2.45, 2.75) is 5.75 Å². The summed E-state index contributed by atoms with van der Waals surface area (Å²) in [5, 5.41) is 2.58. The van der Waals surface area contributed by atoms with Crippen LogP contribution >= 0.6 is 23.1 Å². The van der Waals surface area contributed by atoms with Crippen molar-refractivity contribution in [3.8, 4) is 0 Å². The van der Waals surface area contributed by atoms with Crippen molar-refractivity contribution < 1.29 is 0 Å². The molecule has 0 bridgehead atoms. The van der Waals surface area contributed by atoms with Gasteiger partial charge < -0.3 is 11.5 Å². The van der Waals surface area contributed by atoms with Crippen molar-refractivity contribution >= 4 is 34.2 Å². The second kappa shape index (κ2) is 4.32. The summed E-state index contributed by atoms with van der Waals surface area (Å²) >= 11 is 3.17. The molecule has 12 heavy (non-hydrogen) atoms. The average molecular weight is 202 g/mol. The Morgan fingerprint density at radius 2 is 2.50 bits per heavy atom. The lowest BCUT2D eigenvalue weighted by molar-refractivity contribution is 1.21. The quantitative estimate of drug-likeness (QED) is 0.564. The van der Waals surface area contributed by atoms with E-state index in [2.05, 4.69) is 9.98 Å². The second-order valence-corrected chi connectivity index (χ2v) is 3.79. The Labute approximate surface area is 79.1 Å². The summed E-state index contributed by atoms with van der Waals surface area (Å²) in [4.78, 5) is 8.02. The molecular formula is C6H10N4S2. The minimum atomic E-state index is 0.0556. The Kier molecular flexibility index (Phi) is 3.36. The zero-order valence-electron chi connectivity index (χ0n) is 6.65. The smallest absolute Gasteiger partial charge is 0.212 e. The number of rotatable bonds is 3. The van der Waals surface area contributed by atoms with Gasteiger partial charge in [0.25, 0.3) is 0 Å². The van der Waals surface area contributed by atoms with Gasteiger partial charge in [-0.1, -0.05) is 0 Å². The van der Waals surface area contributed by atoms with Crippen LogP contribution in [0.25, 0.3) is 0 Å². The highest BCUT2D eigenvalue weighted by molar-refractivity contribution is 7.97. The summed E-state index contributed by atoms with van der Waals surface area (Å²) in [7, 11) is 0. The van der Waals surface area contributed by atoms with Crippen LogP contribution in [-0.4, -0.2) is 17.2 Å². The molecule has 0 aliphatic carbocycles. The number of thiazole rings is 1. The van der Waals surface area contributed by atoms with Crippen molar-refractivity contribution in [2.75, 3.05) is 6.26 Å². The highest BCUT2D eigenvalue weighted by Crippen LogP contribution is 2.20. The number of aliphatic imine (C=N–C) groups is 1. The summed E-state index contributed by atoms with van der Waals surface area (Å²) in [5.74, 6) is 0.955. The van der Waals surface area contributed by atoms with Crippen LogP contribution in [0.2, 0.25) is 0 Å². The highest BCUT2D eigenvalue weighted by Gasteiger charge is 1.99. The van der Waals surface area contributed by atoms with Crippen LogP contribution in [0, 0.1) is 0 Å². The van der Waals surface area contributed by atoms with E-state index in [9.17, 15) is 0 Å². The first-order valence-electron chi connectivity index (χ1n) is 3.25. The summed E-state index contributed by atoms with van der Waals surface area (Å²) in [6, 6.07) is 0. The van der Waals surface area contributed by atoms with E-state index in [1.165, 1.54) is 11.3 Å². The van der Waals surface area contributed by atoms with Gasteiger partial charge in [0.2, 0.25) is 5.13 Å². The third-order valence-corrected chi connectivity index (χ3v) is 2.42. The fraction of sp³-hybridized carbons (Fsp3) is 0.333. The van der Waals surface area contributed by atoms with Crippen molar-refractivity contribution in [3.05, 3.63) is 11.1 Å². The zero-order chi connectivity index (χ0) is 8.97. The highest BCUT2D eigenvalue weighted by atomic mass is 32.2. The number of guanidine groups is 1. The largest absolute Gasteiger partial charge is 0.370 e. The number of hydrogen-bond acceptors (Lipinski definition) is 4. The maximum atomic E-state index is 5.20. The molecule has 0 spiro atoms. The summed E-state index contributed by atoms with van der Waals surface area (Å²) in [5.41, 5.74) is 11.4. The topological polar surface area (TPSA) is 77.3 Å². The predicted octanol–water partition coefficient (Wildman–Crippen LogP) is 0.911. The van der Waals surface area contributed by atoms with Gasteiger partial charge in [-0.05, 0) is 6.26 Å². The lowest BCUT2D eigenvalue weighted by Crippen LogP contribution is -2.21. The minimum absolute atomic E-state index is 0.0556. The zero-order valence-corrected chi connectivity index (χ0v) is 8.28. The standard InChI is InChI=1S/C6H10N4S2/c1-11-2-4-3-12-6(9-4)10-5(7)8/h3H,2H2,1H3,(H4,7,8,9,10). The molecule has 0 saturated carbocycles. The molecule has 0 aromatic carbocycles. The number of nitrogens with zero attached hydrogens (tertiary/aromatic N) is 2. The van der Waals surface area contributed by atoms with E-state index >= 15 is 0 Å². The second-order valence-electron chi connectivity index (χ2n) is 2.09. The summed E-state index contributed by atoms with van der Waals surface area (Å²) in [6.07, 6.45) is 2.03. The fourth-order valence-electron chi connectivity index (χ4n) is 0.672. The molecular weight excluding hydrogens is 192 g/mol. The van der Waals surface area contributed by atoms with Gasteiger partial charge in [0.15, 0.2) is 5.96 Å². The number of thioether (sulfide) groups is 1. The molecule has 6 heteroatoms. The van der Waals surface area contributed by atoms with Crippen molar-refractivity contribution in [1.29, 1.82) is 0 Å². The molecule has 0 saturated heterocycles. The Bertz CT molecular complexity index is 277. The van der Waals surface area contributed by atoms with E-state index < -0.39 is 0 Å². The van der Waals surface area contributed by atoms with Gasteiger partial charge in [-0.25, -0.2) is 4.98 Å². The molecule has 0 unspecified atom stereocenters. The van der Waals surface area contributed by atoms with Gasteiger partial charge in [0, 0.05) is 11.1 Å². The van der Waals surface area contributed by atoms with Crippen LogP contribution in [0.5, 0.6) is 0 Å². The summed E-state index contributed by atoms with van der Waals surface area (Å²) < 4.78 is 0. The molecule has 4 N–H and O–H groups in total. The molecule has 1 aromatic heterocycles. The number of aromatic nitrogens is 1. The van der Waals surface area contributed by atoms with Gasteiger partial charge >= 0.3 is 0 Å². The maximum Gasteiger partial charge on any atom is 0.212 e. The van der Waals surface area contributed by atoms with Crippen molar-refractivity contribution in [3.63, 3.8) is 0 Å². The minimum Gasteiger partial charge on any atom is -0.370 e. The molecule has 0 fully saturated rings. The van der Waals surface area contributed by atoms with E-state index in [1.807, 2.05) is 11.6 Å². The lowest BCUT2D eigenvalue weighted by Gasteiger charge is -1.88. The molecule has 0 atom stereocenters. The van der Waals surface area contributed by atoms with Gasteiger partial charge in [-0.2, -0.15) is 16.8 Å². The average Bonchev–Trinajstić information content (AvgIpc) is 2.36. The first-order chi connectivity index (χ1) is 5.72. The Morgan fingerprint density at radius 1 is 1.75 bits per heavy atom. The van der Waals surface area contributed by atoms with Gasteiger partial charge in [-0.3, -0.25) is 0 Å². The lowest BCUT2D eigenvalue weighted by atomic mass is 10.6. The Hall–Kier alpha value is -0.750. The van der Waals surface area contributed by atoms with Crippen molar-refractivity contribution in [2.24, 2.45) is 16.5 Å². The normalized spacial score (nSPS) is 9.75. The summed E-state index contributed by atoms with van der Waals surface area (Å²) in [6.45, 7) is 0. The molecule has 1 heterocycles. The van der Waals surface area contributed by atoms with Crippen LogP contribution in [0.3, 0.4) is 0 Å². The van der Waals surface area contributed by atoms with E-state index in [1.54, 1.807) is 11.8 Å². The van der Waals surface area contributed by atoms with E-state index in [-0.39, 0.29) is 5.96 Å². The SMILES string of the molecule is CSCc1csc(N=C(N)N)n1. The van der Waals surface area contributed by atoms with Crippen LogP contribution in [-0.2, 0) is 5.75 Å². The molecule has 1 rings (SSSR count). The monoisotopic (exact) mass is 202 g/mol. The van der Waals surface area contributed by atoms with E-state index in [0.717, 1.165) is 11.4 Å². The first-order valence-corrected chi connectivity index (χ1v) is 5.52. The molecule has 0 amide bonds. The van der Waals surface area contributed by atoms with Crippen LogP contribution in [0.4, 0.5) is 5.13 Å². The maximum absolute atomic E-state index is 5.20. The molecule has 0 radical (unpaired) electrons. The van der Waals surface area contributed by atoms with Crippen LogP contribution in [0.15, 0.2) is 10.4 Å². The third-order valence-electron chi connectivity index (χ3n) is 1.06. The molecule has 1 aromatic rings. The van der Waals surface area contributed by atoms with Crippen LogP contribution < -0.4 is 11.5 Å². The molecule has 0 aliphatic heterocycles. The predicted molar refractivity (Wildman–Crippen MR) is 54.8 cm³/mol. The Morgan fingerprint density at radius 3 is 3.08 bits per heavy atom. The van der Waals surface area contributed by atoms with Crippen LogP contribution in [0.1, 0.15) is 5.69 Å². The fourth-order valence-corrected chi connectivity index (χ4v) is 1.93. The molecule has 66 valence electrons. The van der Waals surface area contributed by atoms with Crippen molar-refractivity contribution in [1.82, 2.24) is 4.98 Å². The third kappa shape index (κ3) is 2.71. The van der Waals surface area contributed by atoms with E-state index in [0.29, 0.717) is 5.13 Å². The van der Waals surface area contributed by atoms with Gasteiger partial charge in [0.05, 0.1) is 5.69 Å². The first kappa shape index (κ1) is 9.34.